The molecular formula is C13H18N2O3S. The van der Waals surface area contributed by atoms with Gasteiger partial charge in [-0.2, -0.15) is 0 Å². The monoisotopic (exact) mass is 282 g/mol. The summed E-state index contributed by atoms with van der Waals surface area (Å²) in [4.78, 5) is 27.9. The van der Waals surface area contributed by atoms with Crippen molar-refractivity contribution in [3.05, 3.63) is 23.2 Å². The third kappa shape index (κ3) is 4.82. The molecule has 1 aromatic rings. The molecule has 0 aliphatic heterocycles. The van der Waals surface area contributed by atoms with Crippen molar-refractivity contribution in [3.8, 4) is 0 Å². The van der Waals surface area contributed by atoms with E-state index in [4.69, 9.17) is 4.74 Å². The Hall–Kier alpha value is -1.69. The van der Waals surface area contributed by atoms with E-state index in [0.29, 0.717) is 22.1 Å². The Morgan fingerprint density at radius 2 is 2.21 bits per heavy atom. The number of esters is 1. The van der Waals surface area contributed by atoms with Crippen molar-refractivity contribution in [2.24, 2.45) is 5.92 Å². The van der Waals surface area contributed by atoms with Crippen LogP contribution in [0, 0.1) is 12.8 Å². The number of carbonyl (C=O) groups excluding carboxylic acids is 2. The number of aromatic nitrogens is 1. The number of rotatable bonds is 6. The number of carbonyl (C=O) groups is 2. The lowest BCUT2D eigenvalue weighted by atomic mass is 10.1. The van der Waals surface area contributed by atoms with Crippen LogP contribution in [0.15, 0.2) is 12.7 Å². The molecule has 1 aromatic heterocycles. The number of aryl methyl sites for hydroxylation is 1. The second kappa shape index (κ2) is 7.04. The van der Waals surface area contributed by atoms with Gasteiger partial charge in [0, 0.05) is 6.42 Å². The van der Waals surface area contributed by atoms with Crippen LogP contribution < -0.4 is 5.32 Å². The average Bonchev–Trinajstić information content (AvgIpc) is 2.65. The second-order valence-corrected chi connectivity index (χ2v) is 5.47. The molecule has 6 heteroatoms. The maximum absolute atomic E-state index is 11.7. The van der Waals surface area contributed by atoms with Crippen molar-refractivity contribution >= 4 is 28.3 Å². The Labute approximate surface area is 116 Å². The molecule has 1 amide bonds. The SMILES string of the molecule is C=CCOC(=O)c1sc(NC(=O)CC(C)C)nc1C. The summed E-state index contributed by atoms with van der Waals surface area (Å²) in [6.45, 7) is 9.27. The lowest BCUT2D eigenvalue weighted by Gasteiger charge is -2.03. The molecule has 0 spiro atoms. The number of nitrogens with one attached hydrogen (secondary N) is 1. The zero-order chi connectivity index (χ0) is 14.4. The molecule has 0 saturated carbocycles. The third-order valence-corrected chi connectivity index (χ3v) is 3.21. The Bertz CT molecular complexity index is 480. The van der Waals surface area contributed by atoms with Crippen molar-refractivity contribution in [2.75, 3.05) is 11.9 Å². The van der Waals surface area contributed by atoms with Gasteiger partial charge in [-0.1, -0.05) is 37.8 Å². The first kappa shape index (κ1) is 15.4. The van der Waals surface area contributed by atoms with Gasteiger partial charge in [-0.05, 0) is 12.8 Å². The lowest BCUT2D eigenvalue weighted by Crippen LogP contribution is -2.13. The molecule has 0 unspecified atom stereocenters. The van der Waals surface area contributed by atoms with Crippen LogP contribution in [0.3, 0.4) is 0 Å². The van der Waals surface area contributed by atoms with E-state index in [9.17, 15) is 9.59 Å². The quantitative estimate of drug-likeness (QED) is 0.643. The van der Waals surface area contributed by atoms with Crippen LogP contribution in [0.1, 0.15) is 35.6 Å². The van der Waals surface area contributed by atoms with Gasteiger partial charge >= 0.3 is 5.97 Å². The molecule has 1 N–H and O–H groups in total. The number of thiazole rings is 1. The van der Waals surface area contributed by atoms with Crippen LogP contribution in [0.2, 0.25) is 0 Å². The predicted octanol–water partition coefficient (Wildman–Crippen LogP) is 2.78. The summed E-state index contributed by atoms with van der Waals surface area (Å²) in [5.74, 6) is -0.271. The molecule has 19 heavy (non-hydrogen) atoms. The van der Waals surface area contributed by atoms with Crippen LogP contribution in [0.4, 0.5) is 5.13 Å². The summed E-state index contributed by atoms with van der Waals surface area (Å²) < 4.78 is 4.94. The Balaban J connectivity index is 2.70. The van der Waals surface area contributed by atoms with Gasteiger partial charge in [0.25, 0.3) is 0 Å². The highest BCUT2D eigenvalue weighted by Crippen LogP contribution is 2.23. The van der Waals surface area contributed by atoms with Crippen LogP contribution in [0.25, 0.3) is 0 Å². The number of amides is 1. The molecule has 0 fully saturated rings. The fourth-order valence-electron chi connectivity index (χ4n) is 1.38. The van der Waals surface area contributed by atoms with Gasteiger partial charge in [0.05, 0.1) is 5.69 Å². The molecule has 0 aliphatic rings. The third-order valence-electron chi connectivity index (χ3n) is 2.15. The van der Waals surface area contributed by atoms with Crippen LogP contribution >= 0.6 is 11.3 Å². The molecular weight excluding hydrogens is 264 g/mol. The normalized spacial score (nSPS) is 10.3. The van der Waals surface area contributed by atoms with Gasteiger partial charge < -0.3 is 10.1 Å². The summed E-state index contributed by atoms with van der Waals surface area (Å²) >= 11 is 1.12. The van der Waals surface area contributed by atoms with Gasteiger partial charge in [0.15, 0.2) is 5.13 Å². The maximum atomic E-state index is 11.7. The minimum Gasteiger partial charge on any atom is -0.457 e. The van der Waals surface area contributed by atoms with E-state index in [0.717, 1.165) is 11.3 Å². The van der Waals surface area contributed by atoms with E-state index in [2.05, 4.69) is 16.9 Å². The zero-order valence-electron chi connectivity index (χ0n) is 11.4. The van der Waals surface area contributed by atoms with E-state index in [1.165, 1.54) is 6.08 Å². The van der Waals surface area contributed by atoms with E-state index < -0.39 is 5.97 Å². The van der Waals surface area contributed by atoms with E-state index in [-0.39, 0.29) is 18.4 Å². The largest absolute Gasteiger partial charge is 0.457 e. The summed E-state index contributed by atoms with van der Waals surface area (Å²) in [6, 6.07) is 0. The van der Waals surface area contributed by atoms with Crippen molar-refractivity contribution in [1.82, 2.24) is 4.98 Å². The molecule has 1 rings (SSSR count). The predicted molar refractivity (Wildman–Crippen MR) is 75.4 cm³/mol. The van der Waals surface area contributed by atoms with Crippen molar-refractivity contribution in [1.29, 1.82) is 0 Å². The fourth-order valence-corrected chi connectivity index (χ4v) is 2.26. The first-order valence-electron chi connectivity index (χ1n) is 5.99. The highest BCUT2D eigenvalue weighted by Gasteiger charge is 2.17. The summed E-state index contributed by atoms with van der Waals surface area (Å²) in [5, 5.41) is 3.11. The standard InChI is InChI=1S/C13H18N2O3S/c1-5-6-18-12(17)11-9(4)14-13(19-11)15-10(16)7-8(2)3/h5,8H,1,6-7H2,2-4H3,(H,14,15,16). The molecule has 0 saturated heterocycles. The van der Waals surface area contributed by atoms with Crippen LogP contribution in [0.5, 0.6) is 0 Å². The molecule has 0 aromatic carbocycles. The first-order valence-corrected chi connectivity index (χ1v) is 6.81. The van der Waals surface area contributed by atoms with Gasteiger partial charge in [-0.25, -0.2) is 9.78 Å². The van der Waals surface area contributed by atoms with E-state index in [1.54, 1.807) is 6.92 Å². The van der Waals surface area contributed by atoms with Crippen LogP contribution in [-0.4, -0.2) is 23.5 Å². The van der Waals surface area contributed by atoms with Crippen molar-refractivity contribution < 1.29 is 14.3 Å². The maximum Gasteiger partial charge on any atom is 0.350 e. The fraction of sp³-hybridized carbons (Fsp3) is 0.462. The molecule has 0 radical (unpaired) electrons. The minimum absolute atomic E-state index is 0.102. The number of hydrogen-bond acceptors (Lipinski definition) is 5. The van der Waals surface area contributed by atoms with Gasteiger partial charge in [0.1, 0.15) is 11.5 Å². The van der Waals surface area contributed by atoms with Crippen LogP contribution in [-0.2, 0) is 9.53 Å². The lowest BCUT2D eigenvalue weighted by molar-refractivity contribution is -0.116. The number of nitrogens with zero attached hydrogens (tertiary/aromatic N) is 1. The Morgan fingerprint density at radius 3 is 2.79 bits per heavy atom. The van der Waals surface area contributed by atoms with Gasteiger partial charge in [0.2, 0.25) is 5.91 Å². The highest BCUT2D eigenvalue weighted by atomic mass is 32.1. The topological polar surface area (TPSA) is 68.3 Å². The molecule has 1 heterocycles. The first-order chi connectivity index (χ1) is 8.93. The summed E-state index contributed by atoms with van der Waals surface area (Å²) in [6.07, 6.45) is 1.93. The average molecular weight is 282 g/mol. The molecule has 5 nitrogen and oxygen atoms in total. The van der Waals surface area contributed by atoms with Crippen molar-refractivity contribution in [3.63, 3.8) is 0 Å². The number of anilines is 1. The zero-order valence-corrected chi connectivity index (χ0v) is 12.2. The second-order valence-electron chi connectivity index (χ2n) is 4.47. The minimum atomic E-state index is -0.445. The van der Waals surface area contributed by atoms with Gasteiger partial charge in [-0.15, -0.1) is 0 Å². The van der Waals surface area contributed by atoms with Gasteiger partial charge in [-0.3, -0.25) is 4.79 Å². The molecule has 0 atom stereocenters. The smallest absolute Gasteiger partial charge is 0.350 e. The summed E-state index contributed by atoms with van der Waals surface area (Å²) in [5.41, 5.74) is 0.555. The highest BCUT2D eigenvalue weighted by molar-refractivity contribution is 7.17. The molecule has 104 valence electrons. The summed E-state index contributed by atoms with van der Waals surface area (Å²) in [7, 11) is 0. The van der Waals surface area contributed by atoms with E-state index >= 15 is 0 Å². The Morgan fingerprint density at radius 1 is 1.53 bits per heavy atom. The molecule has 0 bridgehead atoms. The number of hydrogen-bond donors (Lipinski definition) is 1. The van der Waals surface area contributed by atoms with Crippen molar-refractivity contribution in [2.45, 2.75) is 27.2 Å². The Kier molecular flexibility index (Phi) is 5.69. The number of ether oxygens (including phenoxy) is 1. The van der Waals surface area contributed by atoms with E-state index in [1.807, 2.05) is 13.8 Å². The molecule has 0 aliphatic carbocycles.